The van der Waals surface area contributed by atoms with Crippen molar-refractivity contribution in [3.63, 3.8) is 0 Å². The molecule has 0 radical (unpaired) electrons. The fourth-order valence-corrected chi connectivity index (χ4v) is 1.95. The summed E-state index contributed by atoms with van der Waals surface area (Å²) in [6, 6.07) is 17.4. The Morgan fingerprint density at radius 1 is 1.00 bits per heavy atom. The van der Waals surface area contributed by atoms with Gasteiger partial charge in [-0.25, -0.2) is 0 Å². The number of carbonyl (C=O) groups excluding carboxylic acids is 1. The first kappa shape index (κ1) is 11.7. The number of hydrogen-bond donors (Lipinski definition) is 1. The molecule has 2 aromatic rings. The van der Waals surface area contributed by atoms with Crippen molar-refractivity contribution in [1.29, 1.82) is 0 Å². The summed E-state index contributed by atoms with van der Waals surface area (Å²) in [5.74, 6) is 0. The van der Waals surface area contributed by atoms with Crippen LogP contribution in [0.4, 0.5) is 11.4 Å². The molecule has 0 aliphatic rings. The summed E-state index contributed by atoms with van der Waals surface area (Å²) in [6.07, 6.45) is 1.79. The molecule has 0 saturated carbocycles. The van der Waals surface area contributed by atoms with Crippen molar-refractivity contribution in [3.05, 3.63) is 60.2 Å². The summed E-state index contributed by atoms with van der Waals surface area (Å²) >= 11 is 1.22. The normalized spacial score (nSPS) is 9.94. The van der Waals surface area contributed by atoms with Crippen LogP contribution < -0.4 is 5.32 Å². The molecule has 0 unspecified atom stereocenters. The van der Waals surface area contributed by atoms with Gasteiger partial charge in [-0.3, -0.25) is 4.79 Å². The minimum absolute atomic E-state index is 0.0732. The van der Waals surface area contributed by atoms with Crippen LogP contribution in [-0.2, 0) is 0 Å². The maximum Gasteiger partial charge on any atom is 0.221 e. The lowest BCUT2D eigenvalue weighted by Crippen LogP contribution is -1.99. The average molecular weight is 243 g/mol. The Balaban J connectivity index is 2.30. The molecular weight excluding hydrogens is 230 g/mol. The highest BCUT2D eigenvalue weighted by Crippen LogP contribution is 2.23. The maximum atomic E-state index is 11.7. The van der Waals surface area contributed by atoms with E-state index in [1.54, 1.807) is 6.26 Å². The molecule has 17 heavy (non-hydrogen) atoms. The van der Waals surface area contributed by atoms with Crippen LogP contribution in [-0.4, -0.2) is 11.4 Å². The first-order chi connectivity index (χ1) is 8.31. The second-order valence-corrected chi connectivity index (χ2v) is 4.31. The van der Waals surface area contributed by atoms with E-state index in [2.05, 4.69) is 5.32 Å². The van der Waals surface area contributed by atoms with Gasteiger partial charge in [0.05, 0.1) is 11.3 Å². The van der Waals surface area contributed by atoms with Crippen molar-refractivity contribution >= 4 is 28.3 Å². The second-order valence-electron chi connectivity index (χ2n) is 3.53. The smallest absolute Gasteiger partial charge is 0.221 e. The van der Waals surface area contributed by atoms with Gasteiger partial charge in [0.15, 0.2) is 0 Å². The molecule has 0 spiro atoms. The fraction of sp³-hybridized carbons (Fsp3) is 0.0714. The van der Waals surface area contributed by atoms with Gasteiger partial charge in [0.2, 0.25) is 5.12 Å². The van der Waals surface area contributed by atoms with E-state index >= 15 is 0 Å². The monoisotopic (exact) mass is 243 g/mol. The summed E-state index contributed by atoms with van der Waals surface area (Å²) in [4.78, 5) is 11.7. The van der Waals surface area contributed by atoms with Crippen LogP contribution in [0.3, 0.4) is 0 Å². The van der Waals surface area contributed by atoms with Crippen LogP contribution in [0.5, 0.6) is 0 Å². The third kappa shape index (κ3) is 2.88. The zero-order chi connectivity index (χ0) is 12.1. The molecule has 0 aliphatic carbocycles. The van der Waals surface area contributed by atoms with E-state index in [1.165, 1.54) is 11.8 Å². The summed E-state index contributed by atoms with van der Waals surface area (Å²) in [7, 11) is 0. The molecule has 0 aliphatic heterocycles. The second kappa shape index (κ2) is 5.55. The standard InChI is InChI=1S/C14H13NOS/c1-17-14(16)12-9-5-6-10-13(12)15-11-7-3-2-4-8-11/h2-10,15H,1H3. The molecule has 0 fully saturated rings. The highest BCUT2D eigenvalue weighted by molar-refractivity contribution is 8.13. The predicted molar refractivity (Wildman–Crippen MR) is 74.0 cm³/mol. The van der Waals surface area contributed by atoms with E-state index < -0.39 is 0 Å². The molecule has 3 heteroatoms. The third-order valence-corrected chi connectivity index (χ3v) is 2.98. The van der Waals surface area contributed by atoms with Gasteiger partial charge in [-0.15, -0.1) is 0 Å². The third-order valence-electron chi connectivity index (χ3n) is 2.39. The Morgan fingerprint density at radius 2 is 1.65 bits per heavy atom. The highest BCUT2D eigenvalue weighted by Gasteiger charge is 2.09. The number of para-hydroxylation sites is 2. The van der Waals surface area contributed by atoms with E-state index in [9.17, 15) is 4.79 Å². The van der Waals surface area contributed by atoms with Crippen molar-refractivity contribution in [2.24, 2.45) is 0 Å². The van der Waals surface area contributed by atoms with E-state index in [-0.39, 0.29) is 5.12 Å². The zero-order valence-corrected chi connectivity index (χ0v) is 10.3. The molecule has 0 aromatic heterocycles. The van der Waals surface area contributed by atoms with Crippen molar-refractivity contribution in [3.8, 4) is 0 Å². The Kier molecular flexibility index (Phi) is 3.83. The predicted octanol–water partition coefficient (Wildman–Crippen LogP) is 3.93. The van der Waals surface area contributed by atoms with E-state index in [4.69, 9.17) is 0 Å². The zero-order valence-electron chi connectivity index (χ0n) is 9.51. The van der Waals surface area contributed by atoms with Gasteiger partial charge in [-0.2, -0.15) is 0 Å². The van der Waals surface area contributed by atoms with E-state index in [0.717, 1.165) is 11.4 Å². The SMILES string of the molecule is CSC(=O)c1ccccc1Nc1ccccc1. The van der Waals surface area contributed by atoms with E-state index in [0.29, 0.717) is 5.56 Å². The molecule has 0 bridgehead atoms. The van der Waals surface area contributed by atoms with E-state index in [1.807, 2.05) is 54.6 Å². The minimum atomic E-state index is 0.0732. The van der Waals surface area contributed by atoms with Crippen LogP contribution in [0, 0.1) is 0 Å². The molecule has 0 saturated heterocycles. The van der Waals surface area contributed by atoms with Crippen LogP contribution >= 0.6 is 11.8 Å². The lowest BCUT2D eigenvalue weighted by molar-refractivity contribution is 0.109. The van der Waals surface area contributed by atoms with Gasteiger partial charge < -0.3 is 5.32 Å². The van der Waals surface area contributed by atoms with Gasteiger partial charge in [-0.1, -0.05) is 42.1 Å². The maximum absolute atomic E-state index is 11.7. The van der Waals surface area contributed by atoms with Crippen LogP contribution in [0.1, 0.15) is 10.4 Å². The summed E-state index contributed by atoms with van der Waals surface area (Å²) in [5.41, 5.74) is 2.54. The molecule has 1 N–H and O–H groups in total. The van der Waals surface area contributed by atoms with Gasteiger partial charge in [-0.05, 0) is 30.5 Å². The first-order valence-electron chi connectivity index (χ1n) is 5.30. The molecule has 2 aromatic carbocycles. The number of benzene rings is 2. The molecular formula is C14H13NOS. The van der Waals surface area contributed by atoms with Crippen molar-refractivity contribution in [2.75, 3.05) is 11.6 Å². The Morgan fingerprint density at radius 3 is 2.35 bits per heavy atom. The topological polar surface area (TPSA) is 29.1 Å². The van der Waals surface area contributed by atoms with Gasteiger partial charge in [0.25, 0.3) is 0 Å². The molecule has 86 valence electrons. The number of anilines is 2. The Bertz CT molecular complexity index is 511. The number of carbonyl (C=O) groups is 1. The number of rotatable bonds is 3. The van der Waals surface area contributed by atoms with Gasteiger partial charge >= 0.3 is 0 Å². The van der Waals surface area contributed by atoms with Crippen LogP contribution in [0.15, 0.2) is 54.6 Å². The highest BCUT2D eigenvalue weighted by atomic mass is 32.2. The molecule has 0 heterocycles. The van der Waals surface area contributed by atoms with Crippen LogP contribution in [0.25, 0.3) is 0 Å². The molecule has 2 rings (SSSR count). The van der Waals surface area contributed by atoms with Crippen molar-refractivity contribution in [2.45, 2.75) is 0 Å². The molecule has 2 nitrogen and oxygen atoms in total. The lowest BCUT2D eigenvalue weighted by Gasteiger charge is -2.10. The number of hydrogen-bond acceptors (Lipinski definition) is 3. The van der Waals surface area contributed by atoms with Gasteiger partial charge in [0, 0.05) is 5.69 Å². The minimum Gasteiger partial charge on any atom is -0.355 e. The van der Waals surface area contributed by atoms with Crippen molar-refractivity contribution in [1.82, 2.24) is 0 Å². The number of thioether (sulfide) groups is 1. The lowest BCUT2D eigenvalue weighted by atomic mass is 10.2. The van der Waals surface area contributed by atoms with Crippen molar-refractivity contribution < 1.29 is 4.79 Å². The summed E-state index contributed by atoms with van der Waals surface area (Å²) < 4.78 is 0. The Hall–Kier alpha value is -1.74. The fourth-order valence-electron chi connectivity index (χ4n) is 1.56. The summed E-state index contributed by atoms with van der Waals surface area (Å²) in [5, 5.41) is 3.33. The summed E-state index contributed by atoms with van der Waals surface area (Å²) in [6.45, 7) is 0. The number of nitrogens with one attached hydrogen (secondary N) is 1. The average Bonchev–Trinajstić information content (AvgIpc) is 2.40. The molecule has 0 atom stereocenters. The van der Waals surface area contributed by atoms with Gasteiger partial charge in [0.1, 0.15) is 0 Å². The van der Waals surface area contributed by atoms with Crippen LogP contribution in [0.2, 0.25) is 0 Å². The largest absolute Gasteiger partial charge is 0.355 e. The molecule has 0 amide bonds. The first-order valence-corrected chi connectivity index (χ1v) is 6.53. The quantitative estimate of drug-likeness (QED) is 0.885. The Labute approximate surface area is 105 Å².